The summed E-state index contributed by atoms with van der Waals surface area (Å²) in [6.07, 6.45) is 4.09. The lowest BCUT2D eigenvalue weighted by atomic mass is 10.1. The number of sulfonamides is 1. The Morgan fingerprint density at radius 3 is 2.67 bits per heavy atom. The van der Waals surface area contributed by atoms with Gasteiger partial charge in [-0.2, -0.15) is 0 Å². The van der Waals surface area contributed by atoms with Gasteiger partial charge in [-0.15, -0.1) is 11.3 Å². The lowest BCUT2D eigenvalue weighted by Gasteiger charge is -2.09. The van der Waals surface area contributed by atoms with Crippen LogP contribution < -0.4 is 15.8 Å². The van der Waals surface area contributed by atoms with Gasteiger partial charge in [-0.3, -0.25) is 4.79 Å². The number of benzene rings is 1. The van der Waals surface area contributed by atoms with Gasteiger partial charge in [-0.25, -0.2) is 18.5 Å². The number of aromatic nitrogens is 2. The third-order valence-corrected chi connectivity index (χ3v) is 6.39. The molecule has 0 bridgehead atoms. The fraction of sp³-hybridized carbons (Fsp3) is 0.100. The lowest BCUT2D eigenvalue weighted by molar-refractivity contribution is 0.0959. The monoisotopic (exact) mass is 441 g/mol. The Morgan fingerprint density at radius 1 is 1.10 bits per heavy atom. The molecule has 4 rings (SSSR count). The number of nitrogens with zero attached hydrogens (tertiary/aromatic N) is 1. The van der Waals surface area contributed by atoms with E-state index >= 15 is 0 Å². The number of thiophene rings is 1. The van der Waals surface area contributed by atoms with E-state index in [-0.39, 0.29) is 10.8 Å². The lowest BCUT2D eigenvalue weighted by Crippen LogP contribution is -2.25. The molecule has 0 aliphatic rings. The van der Waals surface area contributed by atoms with Crippen LogP contribution in [0.4, 0.5) is 11.4 Å². The predicted molar refractivity (Wildman–Crippen MR) is 118 cm³/mol. The fourth-order valence-electron chi connectivity index (χ4n) is 3.04. The van der Waals surface area contributed by atoms with Gasteiger partial charge < -0.3 is 15.6 Å². The van der Waals surface area contributed by atoms with Crippen molar-refractivity contribution in [2.75, 3.05) is 11.9 Å². The minimum atomic E-state index is -3.71. The number of carbonyl (C=O) groups is 1. The van der Waals surface area contributed by atoms with Crippen molar-refractivity contribution in [1.82, 2.24) is 15.3 Å². The van der Waals surface area contributed by atoms with Gasteiger partial charge in [0.15, 0.2) is 0 Å². The SMILES string of the molecule is NS(=O)(=O)c1ccc(CCNC(=O)c2sccc2Nc2ccnc3[nH]ccc23)cc1. The van der Waals surface area contributed by atoms with Gasteiger partial charge in [-0.1, -0.05) is 12.1 Å². The fourth-order valence-corrected chi connectivity index (χ4v) is 4.33. The van der Waals surface area contributed by atoms with E-state index in [9.17, 15) is 13.2 Å². The first-order valence-corrected chi connectivity index (χ1v) is 11.5. The van der Waals surface area contributed by atoms with Crippen LogP contribution in [0, 0.1) is 0 Å². The molecular weight excluding hydrogens is 422 g/mol. The van der Waals surface area contributed by atoms with Crippen molar-refractivity contribution < 1.29 is 13.2 Å². The Balaban J connectivity index is 1.39. The summed E-state index contributed by atoms with van der Waals surface area (Å²) in [5, 5.41) is 14.1. The van der Waals surface area contributed by atoms with Crippen molar-refractivity contribution in [2.24, 2.45) is 5.14 Å². The Hall–Kier alpha value is -3.21. The molecule has 3 aromatic heterocycles. The number of aromatic amines is 1. The topological polar surface area (TPSA) is 130 Å². The van der Waals surface area contributed by atoms with Gasteiger partial charge in [0.05, 0.1) is 16.3 Å². The molecule has 1 aromatic carbocycles. The van der Waals surface area contributed by atoms with Crippen LogP contribution in [0.25, 0.3) is 11.0 Å². The normalized spacial score (nSPS) is 11.5. The van der Waals surface area contributed by atoms with E-state index in [0.29, 0.717) is 17.8 Å². The highest BCUT2D eigenvalue weighted by molar-refractivity contribution is 7.89. The van der Waals surface area contributed by atoms with Crippen molar-refractivity contribution >= 4 is 49.7 Å². The van der Waals surface area contributed by atoms with Crippen molar-refractivity contribution in [1.29, 1.82) is 0 Å². The summed E-state index contributed by atoms with van der Waals surface area (Å²) in [6.45, 7) is 0.419. The van der Waals surface area contributed by atoms with Crippen LogP contribution in [0.15, 0.2) is 65.1 Å². The molecule has 8 nitrogen and oxygen atoms in total. The third-order valence-electron chi connectivity index (χ3n) is 4.55. The van der Waals surface area contributed by atoms with Gasteiger partial charge >= 0.3 is 0 Å². The number of amides is 1. The quantitative estimate of drug-likeness (QED) is 0.350. The van der Waals surface area contributed by atoms with Crippen LogP contribution in [0.1, 0.15) is 15.2 Å². The molecule has 0 spiro atoms. The molecule has 5 N–H and O–H groups in total. The number of hydrogen-bond acceptors (Lipinski definition) is 6. The number of nitrogens with one attached hydrogen (secondary N) is 3. The molecule has 0 unspecified atom stereocenters. The van der Waals surface area contributed by atoms with Crippen LogP contribution >= 0.6 is 11.3 Å². The molecule has 0 aliphatic carbocycles. The van der Waals surface area contributed by atoms with E-state index in [4.69, 9.17) is 5.14 Å². The van der Waals surface area contributed by atoms with Crippen LogP contribution in [-0.2, 0) is 16.4 Å². The molecule has 154 valence electrons. The Bertz CT molecular complexity index is 1290. The van der Waals surface area contributed by atoms with Gasteiger partial charge in [0.25, 0.3) is 5.91 Å². The predicted octanol–water partition coefficient (Wildman–Crippen LogP) is 2.99. The standard InChI is InChI=1S/C20H19N5O3S2/c21-30(27,28)14-3-1-13(2-4-14)5-9-24-20(26)18-17(8-12-29-18)25-16-7-11-23-19-15(16)6-10-22-19/h1-4,6-8,10-12H,5,9H2,(H,24,26)(H2,21,27,28)(H2,22,23,25). The zero-order valence-electron chi connectivity index (χ0n) is 15.8. The maximum Gasteiger partial charge on any atom is 0.263 e. The van der Waals surface area contributed by atoms with E-state index in [2.05, 4.69) is 20.6 Å². The first-order chi connectivity index (χ1) is 14.4. The summed E-state index contributed by atoms with van der Waals surface area (Å²) in [7, 11) is -3.71. The largest absolute Gasteiger partial charge is 0.354 e. The van der Waals surface area contributed by atoms with Crippen LogP contribution in [0.2, 0.25) is 0 Å². The van der Waals surface area contributed by atoms with Gasteiger partial charge in [0, 0.05) is 24.3 Å². The summed E-state index contributed by atoms with van der Waals surface area (Å²) >= 11 is 1.36. The summed E-state index contributed by atoms with van der Waals surface area (Å²) in [4.78, 5) is 20.6. The van der Waals surface area contributed by atoms with E-state index < -0.39 is 10.0 Å². The van der Waals surface area contributed by atoms with Crippen LogP contribution in [0.3, 0.4) is 0 Å². The maximum atomic E-state index is 12.7. The van der Waals surface area contributed by atoms with Crippen molar-refractivity contribution in [3.8, 4) is 0 Å². The summed E-state index contributed by atoms with van der Waals surface area (Å²) in [5.41, 5.74) is 3.26. The van der Waals surface area contributed by atoms with E-state index in [0.717, 1.165) is 28.0 Å². The van der Waals surface area contributed by atoms with Crippen LogP contribution in [-0.4, -0.2) is 30.8 Å². The number of nitrogens with two attached hydrogens (primary N) is 1. The number of anilines is 2. The Morgan fingerprint density at radius 2 is 1.90 bits per heavy atom. The second kappa shape index (κ2) is 8.27. The van der Waals surface area contributed by atoms with Crippen LogP contribution in [0.5, 0.6) is 0 Å². The van der Waals surface area contributed by atoms with Gasteiger partial charge in [-0.05, 0) is 47.7 Å². The third kappa shape index (κ3) is 4.35. The molecule has 30 heavy (non-hydrogen) atoms. The molecule has 0 aliphatic heterocycles. The minimum absolute atomic E-state index is 0.0669. The zero-order chi connectivity index (χ0) is 21.1. The second-order valence-electron chi connectivity index (χ2n) is 6.58. The number of hydrogen-bond donors (Lipinski definition) is 4. The Kier molecular flexibility index (Phi) is 5.53. The molecule has 4 aromatic rings. The van der Waals surface area contributed by atoms with E-state index in [1.54, 1.807) is 18.3 Å². The zero-order valence-corrected chi connectivity index (χ0v) is 17.4. The smallest absolute Gasteiger partial charge is 0.263 e. The second-order valence-corrected chi connectivity index (χ2v) is 9.06. The van der Waals surface area contributed by atoms with Gasteiger partial charge in [0.1, 0.15) is 10.5 Å². The minimum Gasteiger partial charge on any atom is -0.354 e. The average Bonchev–Trinajstić information content (AvgIpc) is 3.37. The number of rotatable bonds is 7. The summed E-state index contributed by atoms with van der Waals surface area (Å²) in [6, 6.07) is 12.0. The highest BCUT2D eigenvalue weighted by Gasteiger charge is 2.14. The maximum absolute atomic E-state index is 12.7. The van der Waals surface area contributed by atoms with E-state index in [1.165, 1.54) is 23.5 Å². The highest BCUT2D eigenvalue weighted by atomic mass is 32.2. The first-order valence-electron chi connectivity index (χ1n) is 9.08. The molecule has 0 radical (unpaired) electrons. The molecule has 0 saturated carbocycles. The Labute approximate surface area is 177 Å². The number of pyridine rings is 1. The van der Waals surface area contributed by atoms with Crippen molar-refractivity contribution in [2.45, 2.75) is 11.3 Å². The number of carbonyl (C=O) groups excluding carboxylic acids is 1. The molecule has 10 heteroatoms. The number of primary sulfonamides is 1. The number of fused-ring (bicyclic) bond motifs is 1. The molecule has 1 amide bonds. The number of H-pyrrole nitrogens is 1. The first kappa shape index (κ1) is 20.1. The average molecular weight is 442 g/mol. The van der Waals surface area contributed by atoms with Gasteiger partial charge in [0.2, 0.25) is 10.0 Å². The van der Waals surface area contributed by atoms with E-state index in [1.807, 2.05) is 29.8 Å². The summed E-state index contributed by atoms with van der Waals surface area (Å²) in [5.74, 6) is -0.173. The molecular formula is C20H19N5O3S2. The van der Waals surface area contributed by atoms with Crippen molar-refractivity contribution in [3.63, 3.8) is 0 Å². The molecule has 0 saturated heterocycles. The molecule has 0 fully saturated rings. The molecule has 3 heterocycles. The summed E-state index contributed by atoms with van der Waals surface area (Å²) < 4.78 is 22.6. The molecule has 0 atom stereocenters. The highest BCUT2D eigenvalue weighted by Crippen LogP contribution is 2.29. The van der Waals surface area contributed by atoms with Crippen molar-refractivity contribution in [3.05, 3.63) is 70.7 Å².